The maximum Gasteiger partial charge on any atom is 0.0591 e. The van der Waals surface area contributed by atoms with Gasteiger partial charge in [-0.15, -0.1) is 0 Å². The van der Waals surface area contributed by atoms with Crippen LogP contribution in [0.5, 0.6) is 0 Å². The van der Waals surface area contributed by atoms with Gasteiger partial charge in [0.05, 0.1) is 11.7 Å². The molecule has 3 atom stereocenters. The molecule has 2 aliphatic carbocycles. The molecule has 0 heterocycles. The van der Waals surface area contributed by atoms with Crippen LogP contribution in [0.4, 0.5) is 0 Å². The van der Waals surface area contributed by atoms with Gasteiger partial charge in [-0.25, -0.2) is 0 Å². The zero-order chi connectivity index (χ0) is 15.7. The summed E-state index contributed by atoms with van der Waals surface area (Å²) in [6, 6.07) is 0. The van der Waals surface area contributed by atoms with E-state index in [0.29, 0.717) is 11.3 Å². The predicted octanol–water partition coefficient (Wildman–Crippen LogP) is 4.60. The Hall–Kier alpha value is -0.340. The lowest BCUT2D eigenvalue weighted by Crippen LogP contribution is -2.31. The van der Waals surface area contributed by atoms with Crippen LogP contribution < -0.4 is 0 Å². The molecule has 122 valence electrons. The summed E-state index contributed by atoms with van der Waals surface area (Å²) in [6.07, 6.45) is 9.88. The molecule has 2 saturated carbocycles. The second-order valence-electron chi connectivity index (χ2n) is 8.45. The van der Waals surface area contributed by atoms with Crippen molar-refractivity contribution < 1.29 is 10.2 Å². The molecule has 2 bridgehead atoms. The van der Waals surface area contributed by atoms with E-state index in [4.69, 9.17) is 0 Å². The van der Waals surface area contributed by atoms with Gasteiger partial charge in [-0.2, -0.15) is 0 Å². The average molecular weight is 294 g/mol. The largest absolute Gasteiger partial charge is 0.393 e. The predicted molar refractivity (Wildman–Crippen MR) is 88.2 cm³/mol. The maximum atomic E-state index is 10.2. The molecule has 0 saturated heterocycles. The summed E-state index contributed by atoms with van der Waals surface area (Å²) in [4.78, 5) is 0. The van der Waals surface area contributed by atoms with Crippen LogP contribution in [-0.2, 0) is 0 Å². The fourth-order valence-corrected chi connectivity index (χ4v) is 4.62. The van der Waals surface area contributed by atoms with Crippen molar-refractivity contribution in [2.75, 3.05) is 0 Å². The molecule has 0 aromatic heterocycles. The topological polar surface area (TPSA) is 40.5 Å². The molecule has 2 heteroatoms. The van der Waals surface area contributed by atoms with Gasteiger partial charge < -0.3 is 10.2 Å². The maximum absolute atomic E-state index is 10.2. The first-order chi connectivity index (χ1) is 9.71. The van der Waals surface area contributed by atoms with Crippen molar-refractivity contribution in [1.82, 2.24) is 0 Å². The summed E-state index contributed by atoms with van der Waals surface area (Å²) in [7, 11) is 0. The highest BCUT2D eigenvalue weighted by molar-refractivity contribution is 5.23. The Morgan fingerprint density at radius 2 is 2.05 bits per heavy atom. The van der Waals surface area contributed by atoms with Crippen molar-refractivity contribution in [2.24, 2.45) is 11.3 Å². The van der Waals surface area contributed by atoms with E-state index in [0.717, 1.165) is 38.5 Å². The third-order valence-corrected chi connectivity index (χ3v) is 5.83. The Morgan fingerprint density at radius 3 is 2.71 bits per heavy atom. The molecule has 0 aromatic rings. The quantitative estimate of drug-likeness (QED) is 0.744. The van der Waals surface area contributed by atoms with E-state index in [2.05, 4.69) is 13.8 Å². The van der Waals surface area contributed by atoms with Crippen molar-refractivity contribution in [1.29, 1.82) is 0 Å². The molecular formula is C19H34O2. The summed E-state index contributed by atoms with van der Waals surface area (Å²) in [5.41, 5.74) is 3.00. The van der Waals surface area contributed by atoms with Crippen molar-refractivity contribution in [2.45, 2.75) is 97.2 Å². The average Bonchev–Trinajstić information content (AvgIpc) is 2.46. The van der Waals surface area contributed by atoms with E-state index in [1.54, 1.807) is 11.1 Å². The number of fused-ring (bicyclic) bond motifs is 2. The van der Waals surface area contributed by atoms with Crippen LogP contribution in [0, 0.1) is 11.3 Å². The SMILES string of the molecule is CC(CCCC(C)(C)O)=C1CCC2CC1(C)CCCC2O. The molecule has 2 rings (SSSR count). The fraction of sp³-hybridized carbons (Fsp3) is 0.895. The lowest BCUT2D eigenvalue weighted by Gasteiger charge is -2.41. The Bertz CT molecular complexity index is 391. The molecule has 0 aliphatic heterocycles. The molecule has 2 N–H and O–H groups in total. The van der Waals surface area contributed by atoms with Crippen molar-refractivity contribution in [3.63, 3.8) is 0 Å². The van der Waals surface area contributed by atoms with E-state index in [1.807, 2.05) is 13.8 Å². The van der Waals surface area contributed by atoms with Gasteiger partial charge in [0.1, 0.15) is 0 Å². The minimum Gasteiger partial charge on any atom is -0.393 e. The van der Waals surface area contributed by atoms with Crippen LogP contribution >= 0.6 is 0 Å². The van der Waals surface area contributed by atoms with E-state index in [1.165, 1.54) is 19.3 Å². The monoisotopic (exact) mass is 294 g/mol. The summed E-state index contributed by atoms with van der Waals surface area (Å²) < 4.78 is 0. The molecule has 2 aliphatic rings. The van der Waals surface area contributed by atoms with Gasteiger partial charge in [-0.1, -0.05) is 24.5 Å². The Balaban J connectivity index is 2.06. The molecule has 0 radical (unpaired) electrons. The molecule has 2 fully saturated rings. The number of aliphatic hydroxyl groups is 2. The second kappa shape index (κ2) is 6.42. The van der Waals surface area contributed by atoms with Crippen molar-refractivity contribution in [3.8, 4) is 0 Å². The van der Waals surface area contributed by atoms with Crippen LogP contribution in [0.15, 0.2) is 11.1 Å². The molecule has 2 nitrogen and oxygen atoms in total. The lowest BCUT2D eigenvalue weighted by molar-refractivity contribution is 0.0683. The zero-order valence-electron chi connectivity index (χ0n) is 14.4. The van der Waals surface area contributed by atoms with Gasteiger partial charge >= 0.3 is 0 Å². The summed E-state index contributed by atoms with van der Waals surface area (Å²) in [6.45, 7) is 8.52. The summed E-state index contributed by atoms with van der Waals surface area (Å²) in [5.74, 6) is 0.519. The highest BCUT2D eigenvalue weighted by atomic mass is 16.3. The van der Waals surface area contributed by atoms with Crippen molar-refractivity contribution in [3.05, 3.63) is 11.1 Å². The third-order valence-electron chi connectivity index (χ3n) is 5.83. The number of aliphatic hydroxyl groups excluding tert-OH is 1. The zero-order valence-corrected chi connectivity index (χ0v) is 14.4. The molecule has 0 spiro atoms. The fourth-order valence-electron chi connectivity index (χ4n) is 4.62. The lowest BCUT2D eigenvalue weighted by atomic mass is 9.64. The third kappa shape index (κ3) is 4.32. The van der Waals surface area contributed by atoms with E-state index >= 15 is 0 Å². The standard InChI is InChI=1S/C19H34O2/c1-14(7-5-11-18(2,3)21)16-10-9-15-13-19(16,4)12-6-8-17(15)20/h15,17,20-21H,5-13H2,1-4H3. The van der Waals surface area contributed by atoms with Crippen LogP contribution in [-0.4, -0.2) is 21.9 Å². The summed E-state index contributed by atoms with van der Waals surface area (Å²) in [5, 5.41) is 20.1. The Morgan fingerprint density at radius 1 is 1.33 bits per heavy atom. The number of allylic oxidation sites excluding steroid dienone is 2. The molecular weight excluding hydrogens is 260 g/mol. The van der Waals surface area contributed by atoms with Crippen LogP contribution in [0.2, 0.25) is 0 Å². The molecule has 3 unspecified atom stereocenters. The molecule has 0 amide bonds. The van der Waals surface area contributed by atoms with Gasteiger partial charge in [-0.3, -0.25) is 0 Å². The highest BCUT2D eigenvalue weighted by Crippen LogP contribution is 2.51. The molecule has 0 aromatic carbocycles. The normalized spacial score (nSPS) is 36.3. The van der Waals surface area contributed by atoms with E-state index in [-0.39, 0.29) is 6.10 Å². The van der Waals surface area contributed by atoms with Gasteiger partial charge in [0, 0.05) is 0 Å². The summed E-state index contributed by atoms with van der Waals surface area (Å²) >= 11 is 0. The minimum absolute atomic E-state index is 0.0659. The second-order valence-corrected chi connectivity index (χ2v) is 8.45. The number of hydrogen-bond donors (Lipinski definition) is 2. The van der Waals surface area contributed by atoms with Gasteiger partial charge in [-0.05, 0) is 83.5 Å². The first-order valence-corrected chi connectivity index (χ1v) is 8.81. The first kappa shape index (κ1) is 17.0. The van der Waals surface area contributed by atoms with Crippen LogP contribution in [0.25, 0.3) is 0 Å². The number of hydrogen-bond acceptors (Lipinski definition) is 2. The first-order valence-electron chi connectivity index (χ1n) is 8.81. The minimum atomic E-state index is -0.543. The Kier molecular flexibility index (Phi) is 5.20. The van der Waals surface area contributed by atoms with Gasteiger partial charge in [0.15, 0.2) is 0 Å². The van der Waals surface area contributed by atoms with Crippen LogP contribution in [0.1, 0.15) is 85.5 Å². The smallest absolute Gasteiger partial charge is 0.0591 e. The number of rotatable bonds is 4. The Labute approximate surface area is 130 Å². The van der Waals surface area contributed by atoms with Crippen molar-refractivity contribution >= 4 is 0 Å². The highest BCUT2D eigenvalue weighted by Gasteiger charge is 2.41. The van der Waals surface area contributed by atoms with Crippen LogP contribution in [0.3, 0.4) is 0 Å². The van der Waals surface area contributed by atoms with E-state index in [9.17, 15) is 10.2 Å². The van der Waals surface area contributed by atoms with E-state index < -0.39 is 5.60 Å². The molecule has 21 heavy (non-hydrogen) atoms. The van der Waals surface area contributed by atoms with Gasteiger partial charge in [0.25, 0.3) is 0 Å². The van der Waals surface area contributed by atoms with Gasteiger partial charge in [0.2, 0.25) is 0 Å².